The fourth-order valence-corrected chi connectivity index (χ4v) is 3.77. The number of benzene rings is 2. The summed E-state index contributed by atoms with van der Waals surface area (Å²) < 4.78 is 4.70. The Bertz CT molecular complexity index is 1180. The first-order valence-corrected chi connectivity index (χ1v) is 11.1. The second-order valence-electron chi connectivity index (χ2n) is 7.11. The first-order chi connectivity index (χ1) is 14.8. The van der Waals surface area contributed by atoms with Gasteiger partial charge in [0, 0.05) is 22.3 Å². The van der Waals surface area contributed by atoms with E-state index in [0.29, 0.717) is 28.4 Å². The summed E-state index contributed by atoms with van der Waals surface area (Å²) in [6, 6.07) is 13.0. The zero-order valence-electron chi connectivity index (χ0n) is 17.6. The molecule has 2 N–H and O–H groups in total. The molecule has 0 atom stereocenters. The second kappa shape index (κ2) is 10.0. The highest BCUT2D eigenvalue weighted by atomic mass is 79.9. The van der Waals surface area contributed by atoms with Crippen molar-refractivity contribution in [3.63, 3.8) is 0 Å². The van der Waals surface area contributed by atoms with Gasteiger partial charge in [0.25, 0.3) is 5.91 Å². The van der Waals surface area contributed by atoms with Crippen molar-refractivity contribution >= 4 is 45.6 Å². The number of anilines is 1. The summed E-state index contributed by atoms with van der Waals surface area (Å²) in [5.74, 6) is 0.195. The predicted molar refractivity (Wildman–Crippen MR) is 127 cm³/mol. The Labute approximate surface area is 194 Å². The molecule has 162 valence electrons. The summed E-state index contributed by atoms with van der Waals surface area (Å²) >= 11 is 8.94. The van der Waals surface area contributed by atoms with Crippen molar-refractivity contribution in [2.24, 2.45) is 0 Å². The van der Waals surface area contributed by atoms with Crippen molar-refractivity contribution in [3.05, 3.63) is 74.2 Å². The molecule has 2 aromatic carbocycles. The number of rotatable bonds is 7. The maximum atomic E-state index is 12.5. The first kappa shape index (κ1) is 22.9. The minimum atomic E-state index is -0.228. The van der Waals surface area contributed by atoms with Gasteiger partial charge in [0.05, 0.1) is 6.54 Å². The van der Waals surface area contributed by atoms with Crippen molar-refractivity contribution < 1.29 is 9.59 Å². The molecule has 0 radical (unpaired) electrons. The van der Waals surface area contributed by atoms with Gasteiger partial charge in [0.15, 0.2) is 10.6 Å². The van der Waals surface area contributed by atoms with E-state index in [-0.39, 0.29) is 24.9 Å². The van der Waals surface area contributed by atoms with Crippen LogP contribution < -0.4 is 10.6 Å². The molecule has 0 saturated carbocycles. The molecule has 7 nitrogen and oxygen atoms in total. The molecule has 2 amide bonds. The Balaban J connectivity index is 1.70. The highest BCUT2D eigenvalue weighted by Crippen LogP contribution is 2.20. The molecular weight excluding hydrogens is 478 g/mol. The highest BCUT2D eigenvalue weighted by molar-refractivity contribution is 9.10. The van der Waals surface area contributed by atoms with Gasteiger partial charge in [-0.1, -0.05) is 34.1 Å². The Morgan fingerprint density at radius 2 is 1.87 bits per heavy atom. The largest absolute Gasteiger partial charge is 0.345 e. The fourth-order valence-electron chi connectivity index (χ4n) is 3.18. The van der Waals surface area contributed by atoms with Crippen LogP contribution in [0.5, 0.6) is 0 Å². The van der Waals surface area contributed by atoms with E-state index in [1.54, 1.807) is 6.07 Å². The molecular formula is C22H24BrN5O2S. The van der Waals surface area contributed by atoms with Crippen LogP contribution in [0.2, 0.25) is 0 Å². The molecule has 0 aliphatic heterocycles. The molecule has 0 spiro atoms. The van der Waals surface area contributed by atoms with E-state index >= 15 is 0 Å². The van der Waals surface area contributed by atoms with Crippen LogP contribution in [0.25, 0.3) is 0 Å². The Morgan fingerprint density at radius 3 is 2.55 bits per heavy atom. The van der Waals surface area contributed by atoms with E-state index in [9.17, 15) is 9.59 Å². The molecule has 3 aromatic rings. The molecule has 1 aromatic heterocycles. The summed E-state index contributed by atoms with van der Waals surface area (Å²) in [5, 5.41) is 10.2. The topological polar surface area (TPSA) is 81.0 Å². The average Bonchev–Trinajstić information content (AvgIpc) is 3.03. The number of halogens is 1. The smallest absolute Gasteiger partial charge is 0.251 e. The third kappa shape index (κ3) is 5.48. The highest BCUT2D eigenvalue weighted by Gasteiger charge is 2.15. The fraction of sp³-hybridized carbons (Fsp3) is 0.273. The lowest BCUT2D eigenvalue weighted by atomic mass is 10.1. The normalized spacial score (nSPS) is 10.7. The maximum absolute atomic E-state index is 12.5. The lowest BCUT2D eigenvalue weighted by molar-refractivity contribution is -0.116. The van der Waals surface area contributed by atoms with Gasteiger partial charge in [-0.25, -0.2) is 4.68 Å². The number of aryl methyl sites for hydroxylation is 2. The van der Waals surface area contributed by atoms with E-state index in [4.69, 9.17) is 12.2 Å². The van der Waals surface area contributed by atoms with E-state index in [1.165, 1.54) is 4.68 Å². The number of carbonyl (C=O) groups excluding carboxylic acids is 2. The van der Waals surface area contributed by atoms with Gasteiger partial charge >= 0.3 is 0 Å². The SMILES string of the molecule is CCn1c(CNC(=O)c2ccccc2C)nn(CC(=O)Nc2ccc(Br)c(C)c2)c1=S. The Hall–Kier alpha value is -2.78. The van der Waals surface area contributed by atoms with Crippen molar-refractivity contribution in [1.29, 1.82) is 0 Å². The third-order valence-corrected chi connectivity index (χ3v) is 6.17. The second-order valence-corrected chi connectivity index (χ2v) is 8.33. The summed E-state index contributed by atoms with van der Waals surface area (Å²) in [5.41, 5.74) is 3.25. The van der Waals surface area contributed by atoms with Gasteiger partial charge in [0.1, 0.15) is 6.54 Å². The molecule has 0 fully saturated rings. The summed E-state index contributed by atoms with van der Waals surface area (Å²) in [7, 11) is 0. The average molecular weight is 502 g/mol. The van der Waals surface area contributed by atoms with Crippen LogP contribution in [0.3, 0.4) is 0 Å². The zero-order valence-corrected chi connectivity index (χ0v) is 20.0. The van der Waals surface area contributed by atoms with Crippen LogP contribution in [-0.2, 0) is 24.4 Å². The minimum Gasteiger partial charge on any atom is -0.345 e. The molecule has 31 heavy (non-hydrogen) atoms. The van der Waals surface area contributed by atoms with Crippen LogP contribution in [0.15, 0.2) is 46.9 Å². The third-order valence-electron chi connectivity index (χ3n) is 4.85. The Morgan fingerprint density at radius 1 is 1.13 bits per heavy atom. The standard InChI is InChI=1S/C22H24BrN5O2S/c1-4-27-19(12-24-21(30)17-8-6-5-7-14(17)2)26-28(22(27)31)13-20(29)25-16-9-10-18(23)15(3)11-16/h5-11H,4,12-13H2,1-3H3,(H,24,30)(H,25,29). The lowest BCUT2D eigenvalue weighted by Crippen LogP contribution is -2.25. The molecule has 3 rings (SSSR count). The van der Waals surface area contributed by atoms with Crippen molar-refractivity contribution in [1.82, 2.24) is 19.7 Å². The van der Waals surface area contributed by atoms with Crippen LogP contribution in [-0.4, -0.2) is 26.2 Å². The van der Waals surface area contributed by atoms with Gasteiger partial charge in [0.2, 0.25) is 5.91 Å². The number of amides is 2. The van der Waals surface area contributed by atoms with E-state index < -0.39 is 0 Å². The van der Waals surface area contributed by atoms with E-state index in [2.05, 4.69) is 31.7 Å². The van der Waals surface area contributed by atoms with Crippen LogP contribution in [0, 0.1) is 18.6 Å². The van der Waals surface area contributed by atoms with Gasteiger partial charge in [-0.3, -0.25) is 9.59 Å². The van der Waals surface area contributed by atoms with Gasteiger partial charge in [-0.2, -0.15) is 5.10 Å². The van der Waals surface area contributed by atoms with Gasteiger partial charge in [-0.15, -0.1) is 0 Å². The summed E-state index contributed by atoms with van der Waals surface area (Å²) in [4.78, 5) is 25.0. The van der Waals surface area contributed by atoms with Crippen LogP contribution in [0.1, 0.15) is 34.2 Å². The van der Waals surface area contributed by atoms with E-state index in [0.717, 1.165) is 15.6 Å². The van der Waals surface area contributed by atoms with Crippen LogP contribution >= 0.6 is 28.1 Å². The first-order valence-electron chi connectivity index (χ1n) is 9.86. The number of hydrogen-bond acceptors (Lipinski definition) is 4. The summed E-state index contributed by atoms with van der Waals surface area (Å²) in [6.07, 6.45) is 0. The van der Waals surface area contributed by atoms with Crippen molar-refractivity contribution in [2.45, 2.75) is 40.4 Å². The maximum Gasteiger partial charge on any atom is 0.251 e. The number of aromatic nitrogens is 3. The predicted octanol–water partition coefficient (Wildman–Crippen LogP) is 4.38. The number of hydrogen-bond donors (Lipinski definition) is 2. The molecule has 9 heteroatoms. The van der Waals surface area contributed by atoms with Gasteiger partial charge in [-0.05, 0) is 68.4 Å². The molecule has 0 aliphatic rings. The molecule has 0 aliphatic carbocycles. The minimum absolute atomic E-state index is 0.0142. The van der Waals surface area contributed by atoms with Crippen molar-refractivity contribution in [3.8, 4) is 0 Å². The monoisotopic (exact) mass is 501 g/mol. The summed E-state index contributed by atoms with van der Waals surface area (Å²) in [6.45, 7) is 6.57. The van der Waals surface area contributed by atoms with Gasteiger partial charge < -0.3 is 15.2 Å². The van der Waals surface area contributed by atoms with E-state index in [1.807, 2.05) is 61.7 Å². The Kier molecular flexibility index (Phi) is 7.40. The molecule has 1 heterocycles. The molecule has 0 bridgehead atoms. The zero-order chi connectivity index (χ0) is 22.5. The number of nitrogens with zero attached hydrogens (tertiary/aromatic N) is 3. The number of carbonyl (C=O) groups is 2. The van der Waals surface area contributed by atoms with Crippen LogP contribution in [0.4, 0.5) is 5.69 Å². The van der Waals surface area contributed by atoms with Crippen molar-refractivity contribution in [2.75, 3.05) is 5.32 Å². The number of nitrogens with one attached hydrogen (secondary N) is 2. The molecule has 0 saturated heterocycles. The molecule has 0 unspecified atom stereocenters. The quantitative estimate of drug-likeness (QED) is 0.470. The lowest BCUT2D eigenvalue weighted by Gasteiger charge is -2.07.